The highest BCUT2D eigenvalue weighted by molar-refractivity contribution is 6.05. The van der Waals surface area contributed by atoms with Gasteiger partial charge in [-0.2, -0.15) is 0 Å². The fraction of sp³-hybridized carbons (Fsp3) is 0.733. The van der Waals surface area contributed by atoms with E-state index in [4.69, 9.17) is 0 Å². The van der Waals surface area contributed by atoms with Crippen molar-refractivity contribution in [1.29, 1.82) is 0 Å². The highest BCUT2D eigenvalue weighted by Crippen LogP contribution is 2.39. The minimum absolute atomic E-state index is 0.00736. The summed E-state index contributed by atoms with van der Waals surface area (Å²) in [5.74, 6) is -0.456. The van der Waals surface area contributed by atoms with E-state index in [9.17, 15) is 14.7 Å². The van der Waals surface area contributed by atoms with E-state index in [2.05, 4.69) is 0 Å². The van der Waals surface area contributed by atoms with Gasteiger partial charge < -0.3 is 5.11 Å². The van der Waals surface area contributed by atoms with Gasteiger partial charge in [-0.25, -0.2) is 0 Å². The van der Waals surface area contributed by atoms with E-state index in [1.54, 1.807) is 0 Å². The summed E-state index contributed by atoms with van der Waals surface area (Å²) in [5, 5.41) is 9.23. The van der Waals surface area contributed by atoms with Crippen LogP contribution in [0.2, 0.25) is 0 Å². The highest BCUT2D eigenvalue weighted by atomic mass is 16.3. The Labute approximate surface area is 114 Å². The van der Waals surface area contributed by atoms with E-state index in [0.717, 1.165) is 0 Å². The first-order valence-corrected chi connectivity index (χ1v) is 7.00. The molecule has 0 aromatic carbocycles. The summed E-state index contributed by atoms with van der Waals surface area (Å²) in [6, 6.07) is -0.219. The Hall–Kier alpha value is -1.16. The third-order valence-electron chi connectivity index (χ3n) is 4.26. The van der Waals surface area contributed by atoms with Crippen molar-refractivity contribution in [3.8, 4) is 0 Å². The van der Waals surface area contributed by atoms with Crippen LogP contribution in [-0.4, -0.2) is 34.5 Å². The van der Waals surface area contributed by atoms with Gasteiger partial charge in [0, 0.05) is 12.6 Å². The van der Waals surface area contributed by atoms with Crippen LogP contribution in [0.15, 0.2) is 12.2 Å². The molecule has 0 saturated carbocycles. The number of hydrogen-bond acceptors (Lipinski definition) is 3. The van der Waals surface area contributed by atoms with Crippen molar-refractivity contribution < 1.29 is 14.7 Å². The fourth-order valence-corrected chi connectivity index (χ4v) is 3.20. The van der Waals surface area contributed by atoms with Gasteiger partial charge in [-0.05, 0) is 24.7 Å². The molecule has 19 heavy (non-hydrogen) atoms. The molecule has 2 aliphatic rings. The Kier molecular flexibility index (Phi) is 3.81. The molecule has 1 N–H and O–H groups in total. The summed E-state index contributed by atoms with van der Waals surface area (Å²) in [4.78, 5) is 26.4. The van der Waals surface area contributed by atoms with Gasteiger partial charge in [0.1, 0.15) is 0 Å². The molecule has 1 aliphatic heterocycles. The number of imide groups is 1. The number of carbonyl (C=O) groups excluding carboxylic acids is 2. The monoisotopic (exact) mass is 265 g/mol. The van der Waals surface area contributed by atoms with Crippen LogP contribution < -0.4 is 0 Å². The lowest BCUT2D eigenvalue weighted by Gasteiger charge is -2.36. The quantitative estimate of drug-likeness (QED) is 0.624. The molecule has 0 aromatic rings. The molecule has 3 atom stereocenters. The summed E-state index contributed by atoms with van der Waals surface area (Å²) >= 11 is 0. The smallest absolute Gasteiger partial charge is 0.233 e. The van der Waals surface area contributed by atoms with Gasteiger partial charge in [-0.15, -0.1) is 0 Å². The molecule has 106 valence electrons. The molecule has 0 radical (unpaired) electrons. The van der Waals surface area contributed by atoms with Crippen LogP contribution >= 0.6 is 0 Å². The predicted octanol–water partition coefficient (Wildman–Crippen LogP) is 1.73. The molecule has 0 bridgehead atoms. The van der Waals surface area contributed by atoms with Gasteiger partial charge in [0.25, 0.3) is 0 Å². The maximum Gasteiger partial charge on any atom is 0.233 e. The van der Waals surface area contributed by atoms with Crippen LogP contribution in [0.4, 0.5) is 0 Å². The number of aliphatic hydroxyl groups is 1. The molecular weight excluding hydrogens is 242 g/mol. The Morgan fingerprint density at radius 1 is 1.21 bits per heavy atom. The summed E-state index contributed by atoms with van der Waals surface area (Å²) in [6.07, 6.45) is 5.78. The Balaban J connectivity index is 2.29. The lowest BCUT2D eigenvalue weighted by atomic mass is 9.83. The van der Waals surface area contributed by atoms with Gasteiger partial charge in [-0.3, -0.25) is 14.5 Å². The number of aliphatic hydroxyl groups excluding tert-OH is 1. The summed E-state index contributed by atoms with van der Waals surface area (Å²) < 4.78 is 0. The van der Waals surface area contributed by atoms with Crippen LogP contribution in [0.25, 0.3) is 0 Å². The molecule has 1 aliphatic carbocycles. The number of likely N-dealkylation sites (tertiary alicyclic amines) is 1. The van der Waals surface area contributed by atoms with Crippen LogP contribution in [0.3, 0.4) is 0 Å². The Bertz CT molecular complexity index is 382. The van der Waals surface area contributed by atoms with Crippen LogP contribution in [-0.2, 0) is 9.59 Å². The minimum Gasteiger partial charge on any atom is -0.396 e. The lowest BCUT2D eigenvalue weighted by Crippen LogP contribution is -2.48. The number of fused-ring (bicyclic) bond motifs is 1. The number of nitrogens with zero attached hydrogens (tertiary/aromatic N) is 1. The van der Waals surface area contributed by atoms with Gasteiger partial charge in [-0.1, -0.05) is 32.9 Å². The van der Waals surface area contributed by atoms with Crippen molar-refractivity contribution >= 4 is 11.8 Å². The van der Waals surface area contributed by atoms with Crippen molar-refractivity contribution in [2.24, 2.45) is 17.3 Å². The molecule has 2 rings (SSSR count). The standard InChI is InChI=1S/C15H23NO3/c1-15(2,3)12(8-9-17)16-13(18)10-6-4-5-7-11(10)14(16)19/h4-5,10-12,17H,6-9H2,1-3H3. The van der Waals surface area contributed by atoms with Gasteiger partial charge >= 0.3 is 0 Å². The number of hydrogen-bond donors (Lipinski definition) is 1. The van der Waals surface area contributed by atoms with E-state index < -0.39 is 0 Å². The molecule has 0 aromatic heterocycles. The first kappa shape index (κ1) is 14.3. The molecule has 2 amide bonds. The summed E-state index contributed by atoms with van der Waals surface area (Å²) in [7, 11) is 0. The van der Waals surface area contributed by atoms with Crippen LogP contribution in [0.1, 0.15) is 40.0 Å². The second kappa shape index (κ2) is 5.08. The fourth-order valence-electron chi connectivity index (χ4n) is 3.20. The molecule has 1 saturated heterocycles. The molecular formula is C15H23NO3. The lowest BCUT2D eigenvalue weighted by molar-refractivity contribution is -0.145. The number of carbonyl (C=O) groups is 2. The molecule has 1 fully saturated rings. The van der Waals surface area contributed by atoms with Crippen LogP contribution in [0.5, 0.6) is 0 Å². The van der Waals surface area contributed by atoms with Crippen molar-refractivity contribution in [2.45, 2.75) is 46.1 Å². The normalized spacial score (nSPS) is 28.7. The van der Waals surface area contributed by atoms with Crippen molar-refractivity contribution in [1.82, 2.24) is 4.90 Å². The number of amides is 2. The highest BCUT2D eigenvalue weighted by Gasteiger charge is 2.51. The maximum absolute atomic E-state index is 12.5. The Morgan fingerprint density at radius 2 is 1.68 bits per heavy atom. The van der Waals surface area contributed by atoms with E-state index in [1.165, 1.54) is 4.90 Å². The van der Waals surface area contributed by atoms with Gasteiger partial charge in [0.05, 0.1) is 11.8 Å². The summed E-state index contributed by atoms with van der Waals surface area (Å²) in [6.45, 7) is 6.02. The molecule has 3 unspecified atom stereocenters. The van der Waals surface area contributed by atoms with Crippen molar-refractivity contribution in [2.75, 3.05) is 6.61 Å². The average molecular weight is 265 g/mol. The van der Waals surface area contributed by atoms with E-state index in [0.29, 0.717) is 19.3 Å². The average Bonchev–Trinajstić information content (AvgIpc) is 2.59. The number of allylic oxidation sites excluding steroid dienone is 2. The molecule has 4 heteroatoms. The maximum atomic E-state index is 12.5. The third kappa shape index (κ3) is 2.46. The van der Waals surface area contributed by atoms with E-state index in [-0.39, 0.29) is 41.7 Å². The van der Waals surface area contributed by atoms with Crippen molar-refractivity contribution in [3.63, 3.8) is 0 Å². The second-order valence-corrected chi connectivity index (χ2v) is 6.60. The molecule has 1 heterocycles. The predicted molar refractivity (Wildman–Crippen MR) is 72.2 cm³/mol. The molecule has 0 spiro atoms. The topological polar surface area (TPSA) is 57.6 Å². The third-order valence-corrected chi connectivity index (χ3v) is 4.26. The second-order valence-electron chi connectivity index (χ2n) is 6.60. The minimum atomic E-state index is -0.219. The first-order chi connectivity index (χ1) is 8.88. The van der Waals surface area contributed by atoms with E-state index in [1.807, 2.05) is 32.9 Å². The zero-order valence-electron chi connectivity index (χ0n) is 11.9. The zero-order valence-corrected chi connectivity index (χ0v) is 11.9. The van der Waals surface area contributed by atoms with Crippen molar-refractivity contribution in [3.05, 3.63) is 12.2 Å². The zero-order chi connectivity index (χ0) is 14.2. The first-order valence-electron chi connectivity index (χ1n) is 7.00. The Morgan fingerprint density at radius 3 is 2.05 bits per heavy atom. The molecule has 4 nitrogen and oxygen atoms in total. The SMILES string of the molecule is CC(C)(C)C(CCO)N1C(=O)C2CC=CCC2C1=O. The summed E-state index contributed by atoms with van der Waals surface area (Å²) in [5.41, 5.74) is -0.213. The largest absolute Gasteiger partial charge is 0.396 e. The van der Waals surface area contributed by atoms with E-state index >= 15 is 0 Å². The van der Waals surface area contributed by atoms with Gasteiger partial charge in [0.2, 0.25) is 11.8 Å². The number of rotatable bonds is 3. The van der Waals surface area contributed by atoms with Crippen LogP contribution in [0, 0.1) is 17.3 Å². The van der Waals surface area contributed by atoms with Gasteiger partial charge in [0.15, 0.2) is 0 Å².